The van der Waals surface area contributed by atoms with Gasteiger partial charge in [0.15, 0.2) is 0 Å². The Morgan fingerprint density at radius 3 is 2.38 bits per heavy atom. The van der Waals surface area contributed by atoms with E-state index in [2.05, 4.69) is 0 Å². The highest BCUT2D eigenvalue weighted by molar-refractivity contribution is 5.70. The van der Waals surface area contributed by atoms with Crippen LogP contribution in [0.4, 0.5) is 4.79 Å². The molecule has 1 saturated heterocycles. The van der Waals surface area contributed by atoms with E-state index in [1.54, 1.807) is 12.0 Å². The highest BCUT2D eigenvalue weighted by atomic mass is 16.6. The van der Waals surface area contributed by atoms with Gasteiger partial charge < -0.3 is 19.5 Å². The molecule has 1 heterocycles. The topological polar surface area (TPSA) is 59.0 Å². The molecule has 0 aliphatic carbocycles. The maximum absolute atomic E-state index is 12.7. The third-order valence-corrected chi connectivity index (χ3v) is 5.19. The maximum atomic E-state index is 12.7. The lowest BCUT2D eigenvalue weighted by Crippen LogP contribution is -2.47. The molecule has 1 amide bonds. The molecule has 5 heteroatoms. The van der Waals surface area contributed by atoms with Crippen LogP contribution in [-0.4, -0.2) is 29.8 Å². The summed E-state index contributed by atoms with van der Waals surface area (Å²) >= 11 is 0. The second kappa shape index (κ2) is 7.38. The minimum atomic E-state index is -0.652. The minimum absolute atomic E-state index is 0.00390. The Bertz CT molecular complexity index is 757. The lowest BCUT2D eigenvalue weighted by Gasteiger charge is -2.41. The number of amides is 1. The van der Waals surface area contributed by atoms with Crippen molar-refractivity contribution in [2.24, 2.45) is 0 Å². The third-order valence-electron chi connectivity index (χ3n) is 5.19. The van der Waals surface area contributed by atoms with Crippen LogP contribution in [0.2, 0.25) is 0 Å². The second-order valence-electron chi connectivity index (χ2n) is 6.85. The lowest BCUT2D eigenvalue weighted by atomic mass is 9.90. The van der Waals surface area contributed by atoms with Crippen LogP contribution in [0.5, 0.6) is 5.75 Å². The zero-order valence-electron chi connectivity index (χ0n) is 15.4. The van der Waals surface area contributed by atoms with E-state index in [1.165, 1.54) is 0 Å². The first kappa shape index (κ1) is 18.3. The number of hydrogen-bond donors (Lipinski definition) is 1. The highest BCUT2D eigenvalue weighted by Crippen LogP contribution is 2.36. The van der Waals surface area contributed by atoms with Gasteiger partial charge in [-0.3, -0.25) is 0 Å². The largest absolute Gasteiger partial charge is 0.497 e. The molecule has 0 saturated carbocycles. The Morgan fingerprint density at radius 1 is 1.19 bits per heavy atom. The summed E-state index contributed by atoms with van der Waals surface area (Å²) in [7, 11) is 1.63. The summed E-state index contributed by atoms with van der Waals surface area (Å²) in [6, 6.07) is 15.2. The van der Waals surface area contributed by atoms with Crippen LogP contribution >= 0.6 is 0 Å². The summed E-state index contributed by atoms with van der Waals surface area (Å²) in [4.78, 5) is 14.4. The molecule has 0 bridgehead atoms. The van der Waals surface area contributed by atoms with Crippen LogP contribution in [0.1, 0.15) is 43.0 Å². The normalized spacial score (nSPS) is 21.2. The zero-order chi connectivity index (χ0) is 18.7. The number of aliphatic hydroxyl groups is 1. The monoisotopic (exact) mass is 355 g/mol. The number of aliphatic hydroxyl groups excluding tert-OH is 1. The van der Waals surface area contributed by atoms with Crippen molar-refractivity contribution in [3.05, 3.63) is 65.2 Å². The fourth-order valence-electron chi connectivity index (χ4n) is 3.31. The van der Waals surface area contributed by atoms with Crippen molar-refractivity contribution in [3.8, 4) is 5.75 Å². The van der Waals surface area contributed by atoms with Crippen LogP contribution in [0.25, 0.3) is 0 Å². The van der Waals surface area contributed by atoms with Crippen molar-refractivity contribution >= 4 is 6.09 Å². The minimum Gasteiger partial charge on any atom is -0.497 e. The van der Waals surface area contributed by atoms with Crippen molar-refractivity contribution in [1.29, 1.82) is 0 Å². The molecule has 2 aromatic rings. The van der Waals surface area contributed by atoms with Crippen molar-refractivity contribution in [2.45, 2.75) is 38.5 Å². The number of ether oxygens (including phenoxy) is 2. The van der Waals surface area contributed by atoms with E-state index >= 15 is 0 Å². The Labute approximate surface area is 154 Å². The van der Waals surface area contributed by atoms with E-state index in [9.17, 15) is 9.90 Å². The molecular formula is C21H25NO4. The summed E-state index contributed by atoms with van der Waals surface area (Å²) < 4.78 is 11.0. The molecule has 2 atom stereocenters. The second-order valence-corrected chi connectivity index (χ2v) is 6.85. The van der Waals surface area contributed by atoms with E-state index in [1.807, 2.05) is 62.4 Å². The molecule has 2 aromatic carbocycles. The zero-order valence-corrected chi connectivity index (χ0v) is 15.4. The Balaban J connectivity index is 1.73. The molecule has 5 nitrogen and oxygen atoms in total. The van der Waals surface area contributed by atoms with E-state index in [0.717, 1.165) is 22.4 Å². The molecule has 1 aliphatic heterocycles. The molecule has 0 aromatic heterocycles. The van der Waals surface area contributed by atoms with Crippen molar-refractivity contribution in [3.63, 3.8) is 0 Å². The van der Waals surface area contributed by atoms with Crippen LogP contribution in [0, 0.1) is 0 Å². The summed E-state index contributed by atoms with van der Waals surface area (Å²) in [5, 5.41) is 9.18. The number of nitrogens with zero attached hydrogens (tertiary/aromatic N) is 1. The van der Waals surface area contributed by atoms with Crippen LogP contribution in [0.15, 0.2) is 48.5 Å². The van der Waals surface area contributed by atoms with Gasteiger partial charge in [0, 0.05) is 13.0 Å². The number of benzene rings is 2. The van der Waals surface area contributed by atoms with Gasteiger partial charge in [0.1, 0.15) is 11.4 Å². The predicted octanol–water partition coefficient (Wildman–Crippen LogP) is 4.01. The SMILES string of the molecule is COc1ccc([C@H](C)N2CC[C@@](C)(c3ccc(CO)cc3)OC2=O)cc1. The van der Waals surface area contributed by atoms with Crippen LogP contribution < -0.4 is 4.74 Å². The number of cyclic esters (lactones) is 1. The number of hydrogen-bond acceptors (Lipinski definition) is 4. The molecule has 1 fully saturated rings. The summed E-state index contributed by atoms with van der Waals surface area (Å²) in [6.45, 7) is 4.56. The smallest absolute Gasteiger partial charge is 0.411 e. The molecule has 3 rings (SSSR count). The number of methoxy groups -OCH3 is 1. The first-order chi connectivity index (χ1) is 12.5. The van der Waals surface area contributed by atoms with Gasteiger partial charge in [-0.2, -0.15) is 0 Å². The van der Waals surface area contributed by atoms with Crippen LogP contribution in [-0.2, 0) is 16.9 Å². The quantitative estimate of drug-likeness (QED) is 0.880. The van der Waals surface area contributed by atoms with Gasteiger partial charge in [-0.1, -0.05) is 36.4 Å². The van der Waals surface area contributed by atoms with E-state index in [0.29, 0.717) is 13.0 Å². The van der Waals surface area contributed by atoms with Gasteiger partial charge in [-0.25, -0.2) is 4.79 Å². The summed E-state index contributed by atoms with van der Waals surface area (Å²) in [5.41, 5.74) is 2.17. The van der Waals surface area contributed by atoms with Gasteiger partial charge in [-0.15, -0.1) is 0 Å². The van der Waals surface area contributed by atoms with E-state index in [-0.39, 0.29) is 18.7 Å². The molecule has 1 N–H and O–H groups in total. The first-order valence-corrected chi connectivity index (χ1v) is 8.80. The fraction of sp³-hybridized carbons (Fsp3) is 0.381. The molecule has 0 spiro atoms. The van der Waals surface area contributed by atoms with E-state index in [4.69, 9.17) is 9.47 Å². The van der Waals surface area contributed by atoms with Gasteiger partial charge in [0.25, 0.3) is 0 Å². The van der Waals surface area contributed by atoms with E-state index < -0.39 is 5.60 Å². The number of carbonyl (C=O) groups is 1. The summed E-state index contributed by atoms with van der Waals surface area (Å²) in [5.74, 6) is 0.793. The van der Waals surface area contributed by atoms with Gasteiger partial charge >= 0.3 is 6.09 Å². The molecule has 26 heavy (non-hydrogen) atoms. The first-order valence-electron chi connectivity index (χ1n) is 8.80. The highest BCUT2D eigenvalue weighted by Gasteiger charge is 2.39. The molecule has 138 valence electrons. The average Bonchev–Trinajstić information content (AvgIpc) is 2.67. The van der Waals surface area contributed by atoms with Gasteiger partial charge in [-0.05, 0) is 42.7 Å². The number of rotatable bonds is 5. The predicted molar refractivity (Wildman–Crippen MR) is 98.9 cm³/mol. The Hall–Kier alpha value is -2.53. The molecular weight excluding hydrogens is 330 g/mol. The van der Waals surface area contributed by atoms with Crippen molar-refractivity contribution in [2.75, 3.05) is 13.7 Å². The standard InChI is InChI=1S/C21H25NO4/c1-15(17-6-10-19(25-3)11-7-17)22-13-12-21(2,26-20(22)24)18-8-4-16(14-23)5-9-18/h4-11,15,23H,12-14H2,1-3H3/t15-,21-/m0/s1. The summed E-state index contributed by atoms with van der Waals surface area (Å²) in [6.07, 6.45) is 0.394. The molecule has 0 radical (unpaired) electrons. The molecule has 0 unspecified atom stereocenters. The lowest BCUT2D eigenvalue weighted by molar-refractivity contribution is -0.0491. The van der Waals surface area contributed by atoms with Crippen LogP contribution in [0.3, 0.4) is 0 Å². The van der Waals surface area contributed by atoms with Gasteiger partial charge in [0.2, 0.25) is 0 Å². The fourth-order valence-corrected chi connectivity index (χ4v) is 3.31. The van der Waals surface area contributed by atoms with Crippen molar-refractivity contribution in [1.82, 2.24) is 4.90 Å². The maximum Gasteiger partial charge on any atom is 0.411 e. The average molecular weight is 355 g/mol. The van der Waals surface area contributed by atoms with Gasteiger partial charge in [0.05, 0.1) is 19.8 Å². The van der Waals surface area contributed by atoms with Crippen molar-refractivity contribution < 1.29 is 19.4 Å². The third kappa shape index (κ3) is 3.53. The Morgan fingerprint density at radius 2 is 1.85 bits per heavy atom. The number of carbonyl (C=O) groups excluding carboxylic acids is 1. The molecule has 1 aliphatic rings. The Kier molecular flexibility index (Phi) is 5.18.